The van der Waals surface area contributed by atoms with E-state index in [-0.39, 0.29) is 22.7 Å². The number of carbonyl (C=O) groups excluding carboxylic acids is 2. The Morgan fingerprint density at radius 3 is 2.70 bits per heavy atom. The Labute approximate surface area is 162 Å². The Hall–Kier alpha value is -1.23. The minimum atomic E-state index is -0.193. The van der Waals surface area contributed by atoms with Crippen molar-refractivity contribution in [2.45, 2.75) is 65.7 Å². The molecule has 0 aromatic carbocycles. The molecule has 4 aliphatic rings. The van der Waals surface area contributed by atoms with Gasteiger partial charge in [0.05, 0.1) is 5.71 Å². The highest BCUT2D eigenvalue weighted by Gasteiger charge is 2.63. The van der Waals surface area contributed by atoms with Crippen molar-refractivity contribution in [3.8, 4) is 0 Å². The van der Waals surface area contributed by atoms with Gasteiger partial charge in [0.25, 0.3) is 0 Å². The summed E-state index contributed by atoms with van der Waals surface area (Å²) in [5.74, 6) is 2.39. The van der Waals surface area contributed by atoms with Crippen molar-refractivity contribution < 1.29 is 14.4 Å². The maximum absolute atomic E-state index is 13.2. The van der Waals surface area contributed by atoms with Gasteiger partial charge in [-0.15, -0.1) is 0 Å². The summed E-state index contributed by atoms with van der Waals surface area (Å²) < 4.78 is 0. The number of rotatable bonds is 3. The normalized spacial score (nSPS) is 48.1. The number of Topliss-reactive ketones (excluding diaryl/α,β-unsaturated/α-hetero) is 2. The van der Waals surface area contributed by atoms with Crippen molar-refractivity contribution in [3.63, 3.8) is 0 Å². The molecule has 4 fully saturated rings. The average Bonchev–Trinajstić information content (AvgIpc) is 2.87. The third kappa shape index (κ3) is 2.80. The molecule has 5 heteroatoms. The van der Waals surface area contributed by atoms with E-state index in [0.29, 0.717) is 48.9 Å². The molecule has 4 rings (SSSR count). The summed E-state index contributed by atoms with van der Waals surface area (Å²) in [6, 6.07) is 0. The molecule has 0 spiro atoms. The van der Waals surface area contributed by atoms with Gasteiger partial charge in [0, 0.05) is 30.2 Å². The largest absolute Gasteiger partial charge is 0.395 e. The summed E-state index contributed by atoms with van der Waals surface area (Å²) in [7, 11) is 0. The molecule has 27 heavy (non-hydrogen) atoms. The molecule has 0 amide bonds. The lowest BCUT2D eigenvalue weighted by Gasteiger charge is -2.58. The summed E-state index contributed by atoms with van der Waals surface area (Å²) in [6.45, 7) is 7.49. The van der Waals surface area contributed by atoms with E-state index in [2.05, 4.69) is 25.9 Å². The van der Waals surface area contributed by atoms with Crippen molar-refractivity contribution in [2.24, 2.45) is 51.3 Å². The maximum atomic E-state index is 13.2. The molecule has 7 atom stereocenters. The van der Waals surface area contributed by atoms with Gasteiger partial charge < -0.3 is 10.6 Å². The number of nitrogens with zero attached hydrogens (tertiary/aromatic N) is 1. The molecule has 0 aromatic heterocycles. The average molecular weight is 375 g/mol. The molecular weight excluding hydrogens is 340 g/mol. The first-order valence-corrected chi connectivity index (χ1v) is 10.8. The summed E-state index contributed by atoms with van der Waals surface area (Å²) >= 11 is 0. The molecule has 5 nitrogen and oxygen atoms in total. The van der Waals surface area contributed by atoms with Crippen LogP contribution in [0.3, 0.4) is 0 Å². The van der Waals surface area contributed by atoms with Crippen LogP contribution in [-0.4, -0.2) is 30.4 Å². The van der Waals surface area contributed by atoms with Crippen LogP contribution in [0.2, 0.25) is 0 Å². The zero-order valence-corrected chi connectivity index (χ0v) is 17.0. The Morgan fingerprint density at radius 2 is 1.96 bits per heavy atom. The third-order valence-electron chi connectivity index (χ3n) is 8.71. The summed E-state index contributed by atoms with van der Waals surface area (Å²) in [6.07, 6.45) is 6.37. The van der Waals surface area contributed by atoms with E-state index in [1.54, 1.807) is 0 Å². The van der Waals surface area contributed by atoms with Gasteiger partial charge >= 0.3 is 0 Å². The fourth-order valence-corrected chi connectivity index (χ4v) is 7.23. The Balaban J connectivity index is 1.58. The van der Waals surface area contributed by atoms with Gasteiger partial charge in [0.15, 0.2) is 0 Å². The molecule has 2 N–H and O–H groups in total. The lowest BCUT2D eigenvalue weighted by molar-refractivity contribution is -0.152. The van der Waals surface area contributed by atoms with Crippen LogP contribution >= 0.6 is 0 Å². The predicted octanol–water partition coefficient (Wildman–Crippen LogP) is 3.35. The second-order valence-corrected chi connectivity index (χ2v) is 10.0. The maximum Gasteiger partial charge on any atom is 0.141 e. The highest BCUT2D eigenvalue weighted by molar-refractivity contribution is 5.94. The molecule has 0 aromatic rings. The zero-order chi connectivity index (χ0) is 19.4. The van der Waals surface area contributed by atoms with Crippen molar-refractivity contribution in [3.05, 3.63) is 0 Å². The highest BCUT2D eigenvalue weighted by Crippen LogP contribution is 2.65. The Kier molecular flexibility index (Phi) is 4.73. The van der Waals surface area contributed by atoms with E-state index in [1.165, 1.54) is 0 Å². The first-order valence-electron chi connectivity index (χ1n) is 10.8. The van der Waals surface area contributed by atoms with Crippen molar-refractivity contribution in [1.29, 1.82) is 0 Å². The van der Waals surface area contributed by atoms with Crippen LogP contribution in [0, 0.1) is 40.4 Å². The molecule has 0 heterocycles. The number of hydrogen-bond donors (Lipinski definition) is 1. The molecule has 4 saturated carbocycles. The fourth-order valence-electron chi connectivity index (χ4n) is 7.23. The number of nitrogens with two attached hydrogens (primary N) is 1. The number of ketones is 2. The van der Waals surface area contributed by atoms with E-state index in [1.807, 2.05) is 0 Å². The van der Waals surface area contributed by atoms with Crippen LogP contribution in [0.15, 0.2) is 5.16 Å². The van der Waals surface area contributed by atoms with Crippen LogP contribution in [0.25, 0.3) is 0 Å². The summed E-state index contributed by atoms with van der Waals surface area (Å²) in [4.78, 5) is 31.3. The van der Waals surface area contributed by atoms with Gasteiger partial charge in [-0.05, 0) is 61.7 Å². The molecule has 4 aliphatic carbocycles. The summed E-state index contributed by atoms with van der Waals surface area (Å²) in [5, 5.41) is 4.26. The van der Waals surface area contributed by atoms with Gasteiger partial charge in [0.1, 0.15) is 18.2 Å². The van der Waals surface area contributed by atoms with E-state index in [4.69, 9.17) is 10.6 Å². The number of fused-ring (bicyclic) bond motifs is 5. The number of oxime groups is 1. The van der Waals surface area contributed by atoms with Gasteiger partial charge in [-0.3, -0.25) is 9.59 Å². The van der Waals surface area contributed by atoms with Crippen LogP contribution in [0.4, 0.5) is 0 Å². The van der Waals surface area contributed by atoms with Crippen LogP contribution in [-0.2, 0) is 14.4 Å². The Bertz CT molecular complexity index is 674. The standard InChI is InChI=1S/C22H34N2O3/c1-13-10-17-15-12-19(25)18-11-14(24-27-9-8-23)4-6-21(18,2)16(15)5-7-22(17,3)20(13)26/h13,15-18H,4-12,23H2,1-3H3/t13?,15?,16?,17?,18?,21-,22+/m1/s1. The molecular formula is C22H34N2O3. The lowest BCUT2D eigenvalue weighted by Crippen LogP contribution is -2.56. The van der Waals surface area contributed by atoms with E-state index >= 15 is 0 Å². The minimum absolute atomic E-state index is 0.0447. The fraction of sp³-hybridized carbons (Fsp3) is 0.864. The van der Waals surface area contributed by atoms with E-state index in [9.17, 15) is 9.59 Å². The highest BCUT2D eigenvalue weighted by atomic mass is 16.6. The molecule has 150 valence electrons. The second-order valence-electron chi connectivity index (χ2n) is 10.0. The topological polar surface area (TPSA) is 81.8 Å². The van der Waals surface area contributed by atoms with Gasteiger partial charge in [-0.2, -0.15) is 0 Å². The van der Waals surface area contributed by atoms with E-state index in [0.717, 1.165) is 44.2 Å². The van der Waals surface area contributed by atoms with E-state index < -0.39 is 0 Å². The molecule has 0 aliphatic heterocycles. The van der Waals surface area contributed by atoms with Crippen LogP contribution in [0.1, 0.15) is 65.7 Å². The molecule has 0 bridgehead atoms. The first kappa shape index (κ1) is 19.1. The smallest absolute Gasteiger partial charge is 0.141 e. The van der Waals surface area contributed by atoms with Crippen molar-refractivity contribution in [1.82, 2.24) is 0 Å². The molecule has 0 saturated heterocycles. The SMILES string of the molecule is CC1CC2C3CC(=O)C4CC(=NOCCN)CC[C@]4(C)C3CC[C@]2(C)C1=O. The summed E-state index contributed by atoms with van der Waals surface area (Å²) in [5.41, 5.74) is 6.34. The third-order valence-corrected chi connectivity index (χ3v) is 8.71. The van der Waals surface area contributed by atoms with Gasteiger partial charge in [-0.1, -0.05) is 25.9 Å². The number of hydrogen-bond acceptors (Lipinski definition) is 5. The van der Waals surface area contributed by atoms with Crippen molar-refractivity contribution in [2.75, 3.05) is 13.2 Å². The molecule has 0 radical (unpaired) electrons. The van der Waals surface area contributed by atoms with Crippen LogP contribution < -0.4 is 5.73 Å². The Morgan fingerprint density at radius 1 is 1.19 bits per heavy atom. The number of carbonyl (C=O) groups is 2. The quantitative estimate of drug-likeness (QED) is 0.607. The predicted molar refractivity (Wildman–Crippen MR) is 104 cm³/mol. The van der Waals surface area contributed by atoms with Crippen LogP contribution in [0.5, 0.6) is 0 Å². The first-order chi connectivity index (χ1) is 12.8. The lowest BCUT2D eigenvalue weighted by atomic mass is 9.45. The zero-order valence-electron chi connectivity index (χ0n) is 17.0. The van der Waals surface area contributed by atoms with Gasteiger partial charge in [-0.25, -0.2) is 0 Å². The van der Waals surface area contributed by atoms with Gasteiger partial charge in [0.2, 0.25) is 0 Å². The second kappa shape index (κ2) is 6.68. The minimum Gasteiger partial charge on any atom is -0.395 e. The monoisotopic (exact) mass is 374 g/mol. The van der Waals surface area contributed by atoms with Crippen molar-refractivity contribution >= 4 is 17.3 Å². The molecule has 5 unspecified atom stereocenters.